The van der Waals surface area contributed by atoms with Crippen LogP contribution in [-0.4, -0.2) is 15.0 Å². The summed E-state index contributed by atoms with van der Waals surface area (Å²) in [5.74, 6) is -0.192. The molecule has 0 aliphatic carbocycles. The van der Waals surface area contributed by atoms with E-state index in [1.54, 1.807) is 25.4 Å². The van der Waals surface area contributed by atoms with Crippen LogP contribution in [0.1, 0.15) is 23.8 Å². The minimum absolute atomic E-state index is 0.111. The lowest BCUT2D eigenvalue weighted by molar-refractivity contribution is 0.101. The van der Waals surface area contributed by atoms with Gasteiger partial charge in [-0.3, -0.25) is 9.59 Å². The quantitative estimate of drug-likeness (QED) is 0.932. The number of amides is 1. The van der Waals surface area contributed by atoms with Crippen LogP contribution in [0.2, 0.25) is 0 Å². The van der Waals surface area contributed by atoms with Gasteiger partial charge in [-0.15, -0.1) is 0 Å². The fraction of sp³-hybridized carbons (Fsp3) is 0.286. The van der Waals surface area contributed by atoms with Gasteiger partial charge in [-0.05, 0) is 34.5 Å². The van der Waals surface area contributed by atoms with Crippen molar-refractivity contribution in [1.82, 2.24) is 9.13 Å². The molecule has 0 radical (unpaired) electrons. The molecule has 0 fully saturated rings. The van der Waals surface area contributed by atoms with Gasteiger partial charge in [0.25, 0.3) is 5.91 Å². The van der Waals surface area contributed by atoms with E-state index < -0.39 is 0 Å². The van der Waals surface area contributed by atoms with Crippen molar-refractivity contribution in [2.75, 3.05) is 5.32 Å². The van der Waals surface area contributed by atoms with Crippen LogP contribution in [0, 0.1) is 0 Å². The lowest BCUT2D eigenvalue weighted by atomic mass is 10.3. The van der Waals surface area contributed by atoms with E-state index in [4.69, 9.17) is 0 Å². The van der Waals surface area contributed by atoms with Crippen molar-refractivity contribution in [2.24, 2.45) is 7.05 Å². The summed E-state index contributed by atoms with van der Waals surface area (Å²) in [7, 11) is 1.65. The van der Waals surface area contributed by atoms with Gasteiger partial charge >= 0.3 is 0 Å². The second kappa shape index (κ2) is 6.09. The van der Waals surface area contributed by atoms with Gasteiger partial charge in [-0.25, -0.2) is 0 Å². The number of nitrogens with zero attached hydrogens (tertiary/aromatic N) is 2. The molecule has 2 rings (SSSR count). The van der Waals surface area contributed by atoms with Crippen molar-refractivity contribution in [3.8, 4) is 0 Å². The fourth-order valence-corrected chi connectivity index (χ4v) is 2.42. The summed E-state index contributed by atoms with van der Waals surface area (Å²) >= 11 is 3.38. The Morgan fingerprint density at radius 3 is 2.75 bits per heavy atom. The molecule has 0 aliphatic rings. The number of halogens is 1. The maximum atomic E-state index is 12.3. The summed E-state index contributed by atoms with van der Waals surface area (Å²) < 4.78 is 4.20. The lowest BCUT2D eigenvalue weighted by Crippen LogP contribution is -2.20. The van der Waals surface area contributed by atoms with Crippen LogP contribution in [0.25, 0.3) is 0 Å². The molecular formula is C14H16BrN3O2. The van der Waals surface area contributed by atoms with E-state index in [0.717, 1.165) is 17.4 Å². The third-order valence-corrected chi connectivity index (χ3v) is 3.34. The van der Waals surface area contributed by atoms with Crippen LogP contribution in [0.15, 0.2) is 39.9 Å². The van der Waals surface area contributed by atoms with Gasteiger partial charge < -0.3 is 14.5 Å². The van der Waals surface area contributed by atoms with Gasteiger partial charge in [0.05, 0.1) is 5.69 Å². The number of aryl methyl sites for hydroxylation is 2. The molecule has 0 spiro atoms. The molecule has 6 heteroatoms. The van der Waals surface area contributed by atoms with Crippen molar-refractivity contribution in [1.29, 1.82) is 0 Å². The number of hydrogen-bond acceptors (Lipinski definition) is 2. The Hall–Kier alpha value is -1.82. The zero-order valence-electron chi connectivity index (χ0n) is 11.4. The van der Waals surface area contributed by atoms with Crippen molar-refractivity contribution < 1.29 is 4.79 Å². The first-order valence-electron chi connectivity index (χ1n) is 6.35. The Morgan fingerprint density at radius 1 is 1.35 bits per heavy atom. The number of anilines is 1. The van der Waals surface area contributed by atoms with Gasteiger partial charge in [0.1, 0.15) is 5.69 Å². The third-order valence-electron chi connectivity index (χ3n) is 2.90. The number of aromatic nitrogens is 2. The van der Waals surface area contributed by atoms with Crippen LogP contribution >= 0.6 is 15.9 Å². The SMILES string of the molecule is CCCn1cc(Br)cc1C(=O)Nc1ccc(=O)n(C)c1. The lowest BCUT2D eigenvalue weighted by Gasteiger charge is -2.09. The van der Waals surface area contributed by atoms with E-state index in [1.165, 1.54) is 10.6 Å². The average Bonchev–Trinajstić information content (AvgIpc) is 2.75. The highest BCUT2D eigenvalue weighted by molar-refractivity contribution is 9.10. The van der Waals surface area contributed by atoms with Gasteiger partial charge in [0, 0.05) is 36.5 Å². The molecule has 1 N–H and O–H groups in total. The number of nitrogens with one attached hydrogen (secondary N) is 1. The van der Waals surface area contributed by atoms with Gasteiger partial charge in [-0.2, -0.15) is 0 Å². The molecule has 106 valence electrons. The summed E-state index contributed by atoms with van der Waals surface area (Å²) in [4.78, 5) is 23.6. The molecule has 5 nitrogen and oxygen atoms in total. The van der Waals surface area contributed by atoms with Gasteiger partial charge in [0.2, 0.25) is 5.56 Å². The van der Waals surface area contributed by atoms with Crippen molar-refractivity contribution in [3.63, 3.8) is 0 Å². The Kier molecular flexibility index (Phi) is 4.44. The first-order chi connectivity index (χ1) is 9.51. The summed E-state index contributed by atoms with van der Waals surface area (Å²) in [6, 6.07) is 4.81. The fourth-order valence-electron chi connectivity index (χ4n) is 1.95. The molecule has 0 unspecified atom stereocenters. The number of pyridine rings is 1. The second-order valence-electron chi connectivity index (χ2n) is 4.56. The normalized spacial score (nSPS) is 10.6. The van der Waals surface area contributed by atoms with Crippen LogP contribution in [0.5, 0.6) is 0 Å². The molecule has 2 aromatic heterocycles. The minimum atomic E-state index is -0.192. The predicted molar refractivity (Wildman–Crippen MR) is 82.1 cm³/mol. The first kappa shape index (κ1) is 14.6. The first-order valence-corrected chi connectivity index (χ1v) is 7.14. The maximum absolute atomic E-state index is 12.3. The number of rotatable bonds is 4. The van der Waals surface area contributed by atoms with E-state index in [1.807, 2.05) is 10.8 Å². The summed E-state index contributed by atoms with van der Waals surface area (Å²) in [5, 5.41) is 2.80. The molecular weight excluding hydrogens is 322 g/mol. The number of hydrogen-bond donors (Lipinski definition) is 1. The van der Waals surface area contributed by atoms with E-state index in [9.17, 15) is 9.59 Å². The topological polar surface area (TPSA) is 56.0 Å². The zero-order chi connectivity index (χ0) is 14.7. The summed E-state index contributed by atoms with van der Waals surface area (Å²) in [6.07, 6.45) is 4.43. The van der Waals surface area contributed by atoms with Crippen LogP contribution in [-0.2, 0) is 13.6 Å². The smallest absolute Gasteiger partial charge is 0.272 e. The summed E-state index contributed by atoms with van der Waals surface area (Å²) in [6.45, 7) is 2.84. The van der Waals surface area contributed by atoms with E-state index in [-0.39, 0.29) is 11.5 Å². The predicted octanol–water partition coefficient (Wildman–Crippen LogP) is 2.61. The van der Waals surface area contributed by atoms with Crippen LogP contribution in [0.3, 0.4) is 0 Å². The van der Waals surface area contributed by atoms with Crippen LogP contribution < -0.4 is 10.9 Å². The average molecular weight is 338 g/mol. The van der Waals surface area contributed by atoms with Gasteiger partial charge in [-0.1, -0.05) is 6.92 Å². The second-order valence-corrected chi connectivity index (χ2v) is 5.47. The van der Waals surface area contributed by atoms with E-state index >= 15 is 0 Å². The molecule has 0 bridgehead atoms. The molecule has 1 amide bonds. The van der Waals surface area contributed by atoms with Crippen molar-refractivity contribution in [2.45, 2.75) is 19.9 Å². The molecule has 0 saturated heterocycles. The standard InChI is InChI=1S/C14H16BrN3O2/c1-3-6-18-8-10(15)7-12(18)14(20)16-11-4-5-13(19)17(2)9-11/h4-5,7-9H,3,6H2,1-2H3,(H,16,20). The molecule has 0 atom stereocenters. The molecule has 2 aromatic rings. The molecule has 0 aromatic carbocycles. The Labute approximate surface area is 125 Å². The molecule has 0 aliphatic heterocycles. The zero-order valence-corrected chi connectivity index (χ0v) is 13.0. The molecule has 2 heterocycles. The third kappa shape index (κ3) is 3.19. The highest BCUT2D eigenvalue weighted by atomic mass is 79.9. The largest absolute Gasteiger partial charge is 0.342 e. The Balaban J connectivity index is 2.23. The Bertz CT molecular complexity index is 688. The van der Waals surface area contributed by atoms with Crippen molar-refractivity contribution in [3.05, 3.63) is 51.1 Å². The van der Waals surface area contributed by atoms with E-state index in [0.29, 0.717) is 11.4 Å². The van der Waals surface area contributed by atoms with Crippen molar-refractivity contribution >= 4 is 27.5 Å². The van der Waals surface area contributed by atoms with Gasteiger partial charge in [0.15, 0.2) is 0 Å². The molecule has 20 heavy (non-hydrogen) atoms. The Morgan fingerprint density at radius 2 is 2.10 bits per heavy atom. The minimum Gasteiger partial charge on any atom is -0.342 e. The highest BCUT2D eigenvalue weighted by Crippen LogP contribution is 2.17. The number of carbonyl (C=O) groups is 1. The van der Waals surface area contributed by atoms with Crippen LogP contribution in [0.4, 0.5) is 5.69 Å². The van der Waals surface area contributed by atoms with E-state index in [2.05, 4.69) is 28.2 Å². The summed E-state index contributed by atoms with van der Waals surface area (Å²) in [5.41, 5.74) is 1.07. The maximum Gasteiger partial charge on any atom is 0.272 e. The molecule has 0 saturated carbocycles. The monoisotopic (exact) mass is 337 g/mol. The number of carbonyl (C=O) groups excluding carboxylic acids is 1. The highest BCUT2D eigenvalue weighted by Gasteiger charge is 2.13.